The molecule has 1 aliphatic carbocycles. The maximum Gasteiger partial charge on any atom is 0.352 e. The summed E-state index contributed by atoms with van der Waals surface area (Å²) < 4.78 is 28.8. The monoisotopic (exact) mass is 314 g/mol. The lowest BCUT2D eigenvalue weighted by Crippen LogP contribution is -2.33. The number of nitrogens with zero attached hydrogens (tertiary/aromatic N) is 1. The normalized spacial score (nSPS) is 17.1. The van der Waals surface area contributed by atoms with Gasteiger partial charge in [0.1, 0.15) is 10.6 Å². The fourth-order valence-corrected chi connectivity index (χ4v) is 3.80. The fraction of sp³-hybridized carbons (Fsp3) is 0.643. The van der Waals surface area contributed by atoms with Crippen LogP contribution in [-0.2, 0) is 10.0 Å². The molecule has 0 saturated heterocycles. The third kappa shape index (κ3) is 3.85. The number of nitrogens with one attached hydrogen (secondary N) is 1. The summed E-state index contributed by atoms with van der Waals surface area (Å²) in [5, 5.41) is 9.19. The molecule has 1 atom stereocenters. The number of rotatable bonds is 7. The minimum Gasteiger partial charge on any atom is -0.477 e. The van der Waals surface area contributed by atoms with Crippen LogP contribution >= 0.6 is 0 Å². The molecule has 0 aliphatic heterocycles. The topological polar surface area (TPSA) is 88.4 Å². The van der Waals surface area contributed by atoms with Gasteiger partial charge in [0, 0.05) is 18.3 Å². The van der Waals surface area contributed by atoms with Crippen molar-refractivity contribution in [1.29, 1.82) is 0 Å². The summed E-state index contributed by atoms with van der Waals surface area (Å²) in [6.07, 6.45) is 3.96. The molecule has 1 saturated carbocycles. The highest BCUT2D eigenvalue weighted by molar-refractivity contribution is 7.89. The molecule has 1 aromatic heterocycles. The molecular formula is C14H22N2O4S. The van der Waals surface area contributed by atoms with E-state index in [-0.39, 0.29) is 22.7 Å². The largest absolute Gasteiger partial charge is 0.477 e. The number of aromatic nitrogens is 1. The van der Waals surface area contributed by atoms with Crippen molar-refractivity contribution in [1.82, 2.24) is 9.29 Å². The lowest BCUT2D eigenvalue weighted by atomic mass is 10.1. The van der Waals surface area contributed by atoms with Crippen LogP contribution in [-0.4, -0.2) is 30.1 Å². The second-order valence-corrected chi connectivity index (χ2v) is 7.87. The molecule has 0 spiro atoms. The van der Waals surface area contributed by atoms with Gasteiger partial charge in [-0.05, 0) is 38.2 Å². The molecule has 7 heteroatoms. The molecule has 1 heterocycles. The van der Waals surface area contributed by atoms with Crippen molar-refractivity contribution in [3.63, 3.8) is 0 Å². The van der Waals surface area contributed by atoms with E-state index in [0.717, 1.165) is 19.3 Å². The minimum atomic E-state index is -3.68. The quantitative estimate of drug-likeness (QED) is 0.808. The summed E-state index contributed by atoms with van der Waals surface area (Å²) in [6.45, 7) is 5.86. The van der Waals surface area contributed by atoms with Gasteiger partial charge in [-0.25, -0.2) is 17.9 Å². The summed E-state index contributed by atoms with van der Waals surface area (Å²) in [5.74, 6) is -0.716. The zero-order valence-corrected chi connectivity index (χ0v) is 13.4. The van der Waals surface area contributed by atoms with Crippen LogP contribution in [0.15, 0.2) is 17.2 Å². The Hall–Kier alpha value is -1.34. The average molecular weight is 314 g/mol. The molecule has 118 valence electrons. The van der Waals surface area contributed by atoms with E-state index in [9.17, 15) is 18.3 Å². The van der Waals surface area contributed by atoms with Crippen LogP contribution < -0.4 is 4.72 Å². The number of aromatic carboxylic acids is 1. The summed E-state index contributed by atoms with van der Waals surface area (Å²) in [5.41, 5.74) is 0.0365. The SMILES string of the molecule is CC(C)CC(C)NS(=O)(=O)c1cc(C(=O)O)n(C2CC2)c1. The fourth-order valence-electron chi connectivity index (χ4n) is 2.52. The Kier molecular flexibility index (Phi) is 4.43. The van der Waals surface area contributed by atoms with E-state index in [0.29, 0.717) is 5.92 Å². The van der Waals surface area contributed by atoms with Crippen molar-refractivity contribution >= 4 is 16.0 Å². The van der Waals surface area contributed by atoms with Gasteiger partial charge in [0.2, 0.25) is 10.0 Å². The summed E-state index contributed by atoms with van der Waals surface area (Å²) in [6, 6.07) is 1.17. The van der Waals surface area contributed by atoms with Crippen LogP contribution in [0.2, 0.25) is 0 Å². The Morgan fingerprint density at radius 2 is 2.05 bits per heavy atom. The molecule has 1 aliphatic rings. The van der Waals surface area contributed by atoms with E-state index in [4.69, 9.17) is 0 Å². The lowest BCUT2D eigenvalue weighted by molar-refractivity contribution is 0.0685. The molecule has 1 unspecified atom stereocenters. The molecule has 2 N–H and O–H groups in total. The van der Waals surface area contributed by atoms with Crippen molar-refractivity contribution in [2.75, 3.05) is 0 Å². The third-order valence-corrected chi connectivity index (χ3v) is 5.03. The highest BCUT2D eigenvalue weighted by Crippen LogP contribution is 2.37. The van der Waals surface area contributed by atoms with Gasteiger partial charge in [0.25, 0.3) is 0 Å². The molecular weight excluding hydrogens is 292 g/mol. The van der Waals surface area contributed by atoms with Crippen LogP contribution in [0.3, 0.4) is 0 Å². The highest BCUT2D eigenvalue weighted by atomic mass is 32.2. The smallest absolute Gasteiger partial charge is 0.352 e. The zero-order valence-electron chi connectivity index (χ0n) is 12.5. The first-order chi connectivity index (χ1) is 9.70. The first-order valence-electron chi connectivity index (χ1n) is 7.18. The van der Waals surface area contributed by atoms with Gasteiger partial charge < -0.3 is 9.67 Å². The van der Waals surface area contributed by atoms with Gasteiger partial charge in [0.05, 0.1) is 0 Å². The maximum atomic E-state index is 12.3. The summed E-state index contributed by atoms with van der Waals surface area (Å²) in [4.78, 5) is 11.3. The van der Waals surface area contributed by atoms with Crippen molar-refractivity contribution in [3.05, 3.63) is 18.0 Å². The Balaban J connectivity index is 2.24. The maximum absolute atomic E-state index is 12.3. The molecule has 0 amide bonds. The standard InChI is InChI=1S/C14H22N2O4S/c1-9(2)6-10(3)15-21(19,20)12-7-13(14(17)18)16(8-12)11-4-5-11/h7-11,15H,4-6H2,1-3H3,(H,17,18). The van der Waals surface area contributed by atoms with E-state index in [1.807, 2.05) is 20.8 Å². The Bertz CT molecular complexity index is 629. The van der Waals surface area contributed by atoms with Crippen LogP contribution in [0.1, 0.15) is 56.6 Å². The van der Waals surface area contributed by atoms with Crippen LogP contribution in [0.4, 0.5) is 0 Å². The molecule has 21 heavy (non-hydrogen) atoms. The van der Waals surface area contributed by atoms with Crippen molar-refractivity contribution in [2.45, 2.75) is 57.0 Å². The molecule has 0 radical (unpaired) electrons. The van der Waals surface area contributed by atoms with Gasteiger partial charge in [0.15, 0.2) is 0 Å². The summed E-state index contributed by atoms with van der Waals surface area (Å²) >= 11 is 0. The van der Waals surface area contributed by atoms with Crippen molar-refractivity contribution in [3.8, 4) is 0 Å². The third-order valence-electron chi connectivity index (χ3n) is 3.47. The van der Waals surface area contributed by atoms with Gasteiger partial charge >= 0.3 is 5.97 Å². The number of hydrogen-bond donors (Lipinski definition) is 2. The Morgan fingerprint density at radius 1 is 1.43 bits per heavy atom. The van der Waals surface area contributed by atoms with E-state index < -0.39 is 16.0 Å². The van der Waals surface area contributed by atoms with Gasteiger partial charge in [-0.15, -0.1) is 0 Å². The summed E-state index contributed by atoms with van der Waals surface area (Å²) in [7, 11) is -3.68. The van der Waals surface area contributed by atoms with E-state index in [2.05, 4.69) is 4.72 Å². The Labute approximate surface area is 125 Å². The van der Waals surface area contributed by atoms with Crippen LogP contribution in [0.25, 0.3) is 0 Å². The number of carbonyl (C=O) groups is 1. The molecule has 0 bridgehead atoms. The van der Waals surface area contributed by atoms with Crippen molar-refractivity contribution < 1.29 is 18.3 Å². The van der Waals surface area contributed by atoms with Crippen molar-refractivity contribution in [2.24, 2.45) is 5.92 Å². The molecule has 0 aromatic carbocycles. The Morgan fingerprint density at radius 3 is 2.52 bits per heavy atom. The lowest BCUT2D eigenvalue weighted by Gasteiger charge is -2.15. The molecule has 1 aromatic rings. The van der Waals surface area contributed by atoms with E-state index >= 15 is 0 Å². The number of carboxylic acids is 1. The number of sulfonamides is 1. The number of hydrogen-bond acceptors (Lipinski definition) is 3. The predicted octanol–water partition coefficient (Wildman–Crippen LogP) is 2.23. The molecule has 2 rings (SSSR count). The predicted molar refractivity (Wildman–Crippen MR) is 78.9 cm³/mol. The number of carboxylic acid groups (broad SMARTS) is 1. The molecule has 1 fully saturated rings. The van der Waals surface area contributed by atoms with Crippen LogP contribution in [0.5, 0.6) is 0 Å². The van der Waals surface area contributed by atoms with E-state index in [1.165, 1.54) is 12.3 Å². The average Bonchev–Trinajstić information content (AvgIpc) is 3.04. The minimum absolute atomic E-state index is 0.0300. The zero-order chi connectivity index (χ0) is 15.8. The van der Waals surface area contributed by atoms with Crippen LogP contribution in [0, 0.1) is 5.92 Å². The van der Waals surface area contributed by atoms with Gasteiger partial charge in [-0.1, -0.05) is 13.8 Å². The van der Waals surface area contributed by atoms with Gasteiger partial charge in [-0.3, -0.25) is 0 Å². The van der Waals surface area contributed by atoms with E-state index in [1.54, 1.807) is 4.57 Å². The first kappa shape index (κ1) is 16.0. The van der Waals surface area contributed by atoms with Gasteiger partial charge in [-0.2, -0.15) is 0 Å². The second kappa shape index (κ2) is 5.81. The molecule has 6 nitrogen and oxygen atoms in total. The first-order valence-corrected chi connectivity index (χ1v) is 8.66. The highest BCUT2D eigenvalue weighted by Gasteiger charge is 2.30. The second-order valence-electron chi connectivity index (χ2n) is 6.16.